The van der Waals surface area contributed by atoms with Crippen molar-refractivity contribution in [3.63, 3.8) is 0 Å². The number of benzene rings is 1. The summed E-state index contributed by atoms with van der Waals surface area (Å²) in [4.78, 5) is 22.2. The van der Waals surface area contributed by atoms with Crippen molar-refractivity contribution in [2.45, 2.75) is 32.9 Å². The molecule has 0 radical (unpaired) electrons. The van der Waals surface area contributed by atoms with E-state index in [1.54, 1.807) is 36.4 Å². The zero-order valence-corrected chi connectivity index (χ0v) is 19.3. The highest BCUT2D eigenvalue weighted by atomic mass is 127. The van der Waals surface area contributed by atoms with Gasteiger partial charge in [0.1, 0.15) is 5.82 Å². The average Bonchev–Trinajstić information content (AvgIpc) is 3.36. The molecule has 1 amide bonds. The molecule has 1 aliphatic heterocycles. The van der Waals surface area contributed by atoms with Crippen molar-refractivity contribution >= 4 is 35.8 Å². The molecule has 1 atom stereocenters. The van der Waals surface area contributed by atoms with Crippen molar-refractivity contribution in [2.75, 3.05) is 20.1 Å². The van der Waals surface area contributed by atoms with Gasteiger partial charge in [-0.3, -0.25) is 9.79 Å². The number of aliphatic imine (C=N–C) groups is 1. The lowest BCUT2D eigenvalue weighted by molar-refractivity contribution is -0.133. The van der Waals surface area contributed by atoms with Gasteiger partial charge in [-0.1, -0.05) is 19.9 Å². The highest BCUT2D eigenvalue weighted by Gasteiger charge is 2.27. The fourth-order valence-corrected chi connectivity index (χ4v) is 3.29. The van der Waals surface area contributed by atoms with Crippen LogP contribution in [0.2, 0.25) is 0 Å². The molecule has 1 aliphatic rings. The van der Waals surface area contributed by atoms with Gasteiger partial charge in [-0.25, -0.2) is 9.37 Å². The van der Waals surface area contributed by atoms with E-state index in [4.69, 9.17) is 0 Å². The molecule has 0 saturated carbocycles. The average molecular weight is 514 g/mol. The minimum Gasteiger partial charge on any atom is -0.352 e. The largest absolute Gasteiger partial charge is 0.352 e. The normalized spacial score (nSPS) is 16.7. The molecule has 1 fully saturated rings. The van der Waals surface area contributed by atoms with Gasteiger partial charge in [0.2, 0.25) is 5.91 Å². The third-order valence-corrected chi connectivity index (χ3v) is 4.81. The van der Waals surface area contributed by atoms with E-state index in [-0.39, 0.29) is 47.7 Å². The van der Waals surface area contributed by atoms with E-state index in [1.807, 2.05) is 24.8 Å². The quantitative estimate of drug-likeness (QED) is 0.366. The van der Waals surface area contributed by atoms with Gasteiger partial charge in [0.05, 0.1) is 12.0 Å². The van der Waals surface area contributed by atoms with Crippen molar-refractivity contribution in [1.82, 2.24) is 25.1 Å². The summed E-state index contributed by atoms with van der Waals surface area (Å²) in [5, 5.41) is 6.56. The van der Waals surface area contributed by atoms with E-state index in [9.17, 15) is 9.18 Å². The Hall–Kier alpha value is -2.17. The van der Waals surface area contributed by atoms with Crippen molar-refractivity contribution in [3.8, 4) is 5.69 Å². The van der Waals surface area contributed by atoms with Crippen molar-refractivity contribution < 1.29 is 9.18 Å². The summed E-state index contributed by atoms with van der Waals surface area (Å²) in [6.07, 6.45) is 5.77. The second kappa shape index (κ2) is 10.6. The van der Waals surface area contributed by atoms with Crippen LogP contribution in [0.1, 0.15) is 25.8 Å². The lowest BCUT2D eigenvalue weighted by Gasteiger charge is -2.20. The van der Waals surface area contributed by atoms with Gasteiger partial charge in [-0.05, 0) is 24.1 Å². The first-order chi connectivity index (χ1) is 13.5. The number of amides is 1. The Morgan fingerprint density at radius 3 is 2.83 bits per heavy atom. The number of nitrogens with one attached hydrogen (secondary N) is 2. The summed E-state index contributed by atoms with van der Waals surface area (Å²) in [5.74, 6) is 0.527. The highest BCUT2D eigenvalue weighted by molar-refractivity contribution is 14.0. The van der Waals surface area contributed by atoms with Gasteiger partial charge in [-0.2, -0.15) is 0 Å². The van der Waals surface area contributed by atoms with Gasteiger partial charge in [-0.15, -0.1) is 24.0 Å². The van der Waals surface area contributed by atoms with E-state index in [0.717, 1.165) is 18.5 Å². The van der Waals surface area contributed by atoms with Crippen molar-refractivity contribution in [1.29, 1.82) is 0 Å². The number of hydrogen-bond donors (Lipinski definition) is 2. The minimum absolute atomic E-state index is 0. The van der Waals surface area contributed by atoms with E-state index in [1.165, 1.54) is 6.07 Å². The summed E-state index contributed by atoms with van der Waals surface area (Å²) >= 11 is 0. The van der Waals surface area contributed by atoms with Crippen LogP contribution in [0.5, 0.6) is 0 Å². The van der Waals surface area contributed by atoms with Crippen LogP contribution in [0.15, 0.2) is 41.9 Å². The van der Waals surface area contributed by atoms with Crippen LogP contribution in [0.4, 0.5) is 4.39 Å². The predicted molar refractivity (Wildman–Crippen MR) is 122 cm³/mol. The fourth-order valence-electron chi connectivity index (χ4n) is 3.29. The van der Waals surface area contributed by atoms with Gasteiger partial charge in [0.25, 0.3) is 0 Å². The van der Waals surface area contributed by atoms with Crippen LogP contribution in [0, 0.1) is 11.7 Å². The lowest BCUT2D eigenvalue weighted by Crippen LogP contribution is -2.45. The Balaban J connectivity index is 0.00000300. The zero-order valence-electron chi connectivity index (χ0n) is 16.9. The van der Waals surface area contributed by atoms with E-state index >= 15 is 0 Å². The van der Waals surface area contributed by atoms with Crippen LogP contribution < -0.4 is 10.6 Å². The fraction of sp³-hybridized carbons (Fsp3) is 0.450. The van der Waals surface area contributed by atoms with E-state index in [0.29, 0.717) is 24.7 Å². The molecule has 2 aromatic rings. The number of hydrogen-bond acceptors (Lipinski definition) is 3. The maximum atomic E-state index is 14.4. The Morgan fingerprint density at radius 1 is 1.41 bits per heavy atom. The van der Waals surface area contributed by atoms with Crippen molar-refractivity contribution in [3.05, 3.63) is 48.3 Å². The van der Waals surface area contributed by atoms with Crippen LogP contribution >= 0.6 is 24.0 Å². The van der Waals surface area contributed by atoms with E-state index in [2.05, 4.69) is 20.6 Å². The SMILES string of the molecule is CN=C(NCc1ccc(-n2ccnc2)c(F)c1)NC1CCN(C(=O)C(C)C)C1.I. The number of nitrogens with zero attached hydrogens (tertiary/aromatic N) is 4. The molecule has 2 heterocycles. The van der Waals surface area contributed by atoms with Crippen LogP contribution in [-0.4, -0.2) is 52.5 Å². The van der Waals surface area contributed by atoms with Crippen LogP contribution in [0.3, 0.4) is 0 Å². The maximum absolute atomic E-state index is 14.4. The van der Waals surface area contributed by atoms with E-state index < -0.39 is 0 Å². The summed E-state index contributed by atoms with van der Waals surface area (Å²) in [6, 6.07) is 5.27. The standard InChI is InChI=1S/C20H27FN6O.HI/c1-14(2)19(28)26-8-6-16(12-26)25-20(22-3)24-11-15-4-5-18(17(21)10-15)27-9-7-23-13-27;/h4-5,7,9-10,13-14,16H,6,8,11-12H2,1-3H3,(H2,22,24,25);1H. The Kier molecular flexibility index (Phi) is 8.42. The number of carbonyl (C=O) groups excluding carboxylic acids is 1. The van der Waals surface area contributed by atoms with Gasteiger partial charge >= 0.3 is 0 Å². The molecule has 2 N–H and O–H groups in total. The Morgan fingerprint density at radius 2 is 2.21 bits per heavy atom. The third-order valence-electron chi connectivity index (χ3n) is 4.81. The first-order valence-electron chi connectivity index (χ1n) is 9.50. The second-order valence-corrected chi connectivity index (χ2v) is 7.25. The molecular weight excluding hydrogens is 486 g/mol. The molecule has 3 rings (SSSR count). The van der Waals surface area contributed by atoms with Crippen LogP contribution in [-0.2, 0) is 11.3 Å². The monoisotopic (exact) mass is 514 g/mol. The lowest BCUT2D eigenvalue weighted by atomic mass is 10.2. The summed E-state index contributed by atoms with van der Waals surface area (Å²) in [7, 11) is 1.70. The molecule has 1 saturated heterocycles. The van der Waals surface area contributed by atoms with Crippen molar-refractivity contribution in [2.24, 2.45) is 10.9 Å². The molecule has 0 bridgehead atoms. The zero-order chi connectivity index (χ0) is 20.1. The molecular formula is C20H28FIN6O. The first kappa shape index (κ1) is 23.1. The number of carbonyl (C=O) groups is 1. The smallest absolute Gasteiger partial charge is 0.225 e. The number of likely N-dealkylation sites (tertiary alicyclic amines) is 1. The Bertz CT molecular complexity index is 840. The molecule has 158 valence electrons. The first-order valence-corrected chi connectivity index (χ1v) is 9.50. The molecule has 0 aliphatic carbocycles. The number of halogens is 2. The summed E-state index contributed by atoms with van der Waals surface area (Å²) in [6.45, 7) is 5.71. The minimum atomic E-state index is -0.307. The van der Waals surface area contributed by atoms with Gasteiger partial charge in [0, 0.05) is 51.0 Å². The molecule has 7 nitrogen and oxygen atoms in total. The molecule has 9 heteroatoms. The number of guanidine groups is 1. The molecule has 29 heavy (non-hydrogen) atoms. The second-order valence-electron chi connectivity index (χ2n) is 7.25. The molecule has 0 spiro atoms. The van der Waals surface area contributed by atoms with Gasteiger partial charge < -0.3 is 20.1 Å². The maximum Gasteiger partial charge on any atom is 0.225 e. The topological polar surface area (TPSA) is 74.6 Å². The molecule has 1 aromatic heterocycles. The predicted octanol–water partition coefficient (Wildman–Crippen LogP) is 2.55. The number of aromatic nitrogens is 2. The Labute approximate surface area is 187 Å². The molecule has 1 aromatic carbocycles. The van der Waals surface area contributed by atoms with Crippen LogP contribution in [0.25, 0.3) is 5.69 Å². The molecule has 1 unspecified atom stereocenters. The summed E-state index contributed by atoms with van der Waals surface area (Å²) in [5.41, 5.74) is 1.27. The highest BCUT2D eigenvalue weighted by Crippen LogP contribution is 2.15. The number of rotatable bonds is 5. The van der Waals surface area contributed by atoms with Gasteiger partial charge in [0.15, 0.2) is 5.96 Å². The number of imidazole rings is 1. The third kappa shape index (κ3) is 5.91. The summed E-state index contributed by atoms with van der Waals surface area (Å²) < 4.78 is 16.0.